The fourth-order valence-electron chi connectivity index (χ4n) is 4.44. The van der Waals surface area contributed by atoms with Crippen molar-refractivity contribution in [2.75, 3.05) is 6.54 Å². The van der Waals surface area contributed by atoms with E-state index in [2.05, 4.69) is 10.6 Å². The van der Waals surface area contributed by atoms with E-state index in [-0.39, 0.29) is 24.2 Å². The summed E-state index contributed by atoms with van der Waals surface area (Å²) in [6, 6.07) is 3.79. The summed E-state index contributed by atoms with van der Waals surface area (Å²) in [5.74, 6) is -1.84. The van der Waals surface area contributed by atoms with Crippen LogP contribution in [0, 0.1) is 0 Å². The minimum atomic E-state index is -1.33. The second-order valence-electron chi connectivity index (χ2n) is 10.6. The van der Waals surface area contributed by atoms with Gasteiger partial charge in [0.1, 0.15) is 23.4 Å². The zero-order valence-electron chi connectivity index (χ0n) is 22.4. The summed E-state index contributed by atoms with van der Waals surface area (Å²) in [6.07, 6.45) is 4.84. The Morgan fingerprint density at radius 2 is 1.84 bits per heavy atom. The highest BCUT2D eigenvalue weighted by Gasteiger charge is 2.37. The van der Waals surface area contributed by atoms with E-state index in [4.69, 9.17) is 10.5 Å². The zero-order valence-corrected chi connectivity index (χ0v) is 22.4. The van der Waals surface area contributed by atoms with Crippen LogP contribution in [0.3, 0.4) is 0 Å². The number of ether oxygens (including phenoxy) is 1. The predicted octanol–water partition coefficient (Wildman–Crippen LogP) is 3.28. The molecule has 2 rings (SSSR count). The van der Waals surface area contributed by atoms with Gasteiger partial charge in [0.15, 0.2) is 0 Å². The number of carbonyl (C=O) groups excluding carboxylic acids is 4. The lowest BCUT2D eigenvalue weighted by Crippen LogP contribution is -2.55. The third kappa shape index (κ3) is 9.93. The number of primary amides is 1. The molecule has 2 atom stereocenters. The van der Waals surface area contributed by atoms with Crippen molar-refractivity contribution in [2.24, 2.45) is 5.73 Å². The van der Waals surface area contributed by atoms with Gasteiger partial charge in [-0.25, -0.2) is 4.79 Å². The molecule has 0 radical (unpaired) electrons. The van der Waals surface area contributed by atoms with Crippen LogP contribution in [0.5, 0.6) is 5.75 Å². The number of amides is 4. The number of hydrogen-bond acceptors (Lipinski definition) is 6. The minimum absolute atomic E-state index is 0.00880. The van der Waals surface area contributed by atoms with Crippen molar-refractivity contribution in [3.8, 4) is 5.75 Å². The van der Waals surface area contributed by atoms with Crippen molar-refractivity contribution in [3.63, 3.8) is 0 Å². The van der Waals surface area contributed by atoms with Crippen molar-refractivity contribution in [1.82, 2.24) is 15.5 Å². The Hall–Kier alpha value is -3.30. The van der Waals surface area contributed by atoms with Crippen LogP contribution in [0.1, 0.15) is 90.7 Å². The molecule has 0 aromatic heterocycles. The van der Waals surface area contributed by atoms with Crippen LogP contribution in [0.4, 0.5) is 4.79 Å². The van der Waals surface area contributed by atoms with Crippen molar-refractivity contribution in [1.29, 1.82) is 0 Å². The van der Waals surface area contributed by atoms with Crippen LogP contribution in [0.2, 0.25) is 0 Å². The van der Waals surface area contributed by atoms with Gasteiger partial charge in [-0.15, -0.1) is 0 Å². The Kier molecular flexibility index (Phi) is 11.2. The summed E-state index contributed by atoms with van der Waals surface area (Å²) in [5, 5.41) is 15.7. The predicted molar refractivity (Wildman–Crippen MR) is 139 cm³/mol. The second kappa shape index (κ2) is 13.9. The number of benzene rings is 1. The van der Waals surface area contributed by atoms with Gasteiger partial charge in [0.2, 0.25) is 17.7 Å². The smallest absolute Gasteiger partial charge is 0.408 e. The summed E-state index contributed by atoms with van der Waals surface area (Å²) in [6.45, 7) is 7.18. The van der Waals surface area contributed by atoms with E-state index < -0.39 is 42.0 Å². The van der Waals surface area contributed by atoms with Crippen LogP contribution in [0.25, 0.3) is 0 Å². The van der Waals surface area contributed by atoms with Crippen molar-refractivity contribution < 1.29 is 29.0 Å². The molecule has 5 N–H and O–H groups in total. The van der Waals surface area contributed by atoms with Gasteiger partial charge >= 0.3 is 6.09 Å². The fraction of sp³-hybridized carbons (Fsp3) is 0.630. The molecule has 0 saturated heterocycles. The maximum Gasteiger partial charge on any atom is 0.408 e. The second-order valence-corrected chi connectivity index (χ2v) is 10.6. The van der Waals surface area contributed by atoms with Gasteiger partial charge in [0, 0.05) is 12.6 Å². The lowest BCUT2D eigenvalue weighted by molar-refractivity contribution is -0.143. The molecule has 1 aliphatic carbocycles. The summed E-state index contributed by atoms with van der Waals surface area (Å²) < 4.78 is 5.28. The van der Waals surface area contributed by atoms with Crippen LogP contribution >= 0.6 is 0 Å². The fourth-order valence-corrected chi connectivity index (χ4v) is 4.44. The Morgan fingerprint density at radius 1 is 1.16 bits per heavy atom. The number of nitrogens with zero attached hydrogens (tertiary/aromatic N) is 1. The molecular weight excluding hydrogens is 476 g/mol. The van der Waals surface area contributed by atoms with Gasteiger partial charge in [0.25, 0.3) is 0 Å². The van der Waals surface area contributed by atoms with Gasteiger partial charge in [-0.3, -0.25) is 14.4 Å². The molecule has 37 heavy (non-hydrogen) atoms. The van der Waals surface area contributed by atoms with E-state index in [1.165, 1.54) is 17.0 Å². The Bertz CT molecular complexity index is 939. The number of rotatable bonds is 11. The first-order valence-corrected chi connectivity index (χ1v) is 13.1. The highest BCUT2D eigenvalue weighted by molar-refractivity contribution is 5.94. The monoisotopic (exact) mass is 518 g/mol. The van der Waals surface area contributed by atoms with Crippen molar-refractivity contribution in [2.45, 2.75) is 103 Å². The van der Waals surface area contributed by atoms with Crippen LogP contribution in [-0.2, 0) is 19.1 Å². The molecule has 1 aromatic rings. The molecule has 0 heterocycles. The topological polar surface area (TPSA) is 151 Å². The number of phenols is 1. The molecule has 10 heteroatoms. The number of phenolic OH excluding ortho intramolecular Hbond substituents is 1. The number of nitrogens with one attached hydrogen (secondary N) is 2. The van der Waals surface area contributed by atoms with E-state index in [9.17, 15) is 24.3 Å². The van der Waals surface area contributed by atoms with E-state index in [0.717, 1.165) is 38.5 Å². The SMILES string of the molecule is CCCCN(C(=O)C(CC(N)=O)NC(=O)OC(C)(C)C)C(C(=O)NC1CCCCC1)c1cccc(O)c1. The maximum atomic E-state index is 13.9. The van der Waals surface area contributed by atoms with Gasteiger partial charge in [-0.2, -0.15) is 0 Å². The molecule has 0 bridgehead atoms. The van der Waals surface area contributed by atoms with E-state index in [1.54, 1.807) is 32.9 Å². The number of unbranched alkanes of at least 4 members (excludes halogenated alkanes) is 1. The van der Waals surface area contributed by atoms with E-state index in [1.807, 2.05) is 6.92 Å². The third-order valence-corrected chi connectivity index (χ3v) is 6.13. The Morgan fingerprint density at radius 3 is 2.41 bits per heavy atom. The lowest BCUT2D eigenvalue weighted by atomic mass is 9.94. The number of hydrogen-bond donors (Lipinski definition) is 4. The summed E-state index contributed by atoms with van der Waals surface area (Å²) in [7, 11) is 0. The first kappa shape index (κ1) is 29.9. The standard InChI is InChI=1S/C27H42N4O6/c1-5-6-15-31(25(35)21(17-22(28)33)30-26(36)37-27(2,3)4)23(18-11-10-14-20(32)16-18)24(34)29-19-12-8-7-9-13-19/h10-11,14,16,19,21,23,32H,5-9,12-13,15,17H2,1-4H3,(H2,28,33)(H,29,34)(H,30,36). The van der Waals surface area contributed by atoms with Crippen molar-refractivity contribution >= 4 is 23.8 Å². The lowest BCUT2D eigenvalue weighted by Gasteiger charge is -2.35. The average molecular weight is 519 g/mol. The largest absolute Gasteiger partial charge is 0.508 e. The van der Waals surface area contributed by atoms with Gasteiger partial charge in [-0.05, 0) is 57.7 Å². The van der Waals surface area contributed by atoms with Crippen LogP contribution in [-0.4, -0.2) is 58.1 Å². The van der Waals surface area contributed by atoms with E-state index >= 15 is 0 Å². The van der Waals surface area contributed by atoms with Gasteiger partial charge in [-0.1, -0.05) is 44.7 Å². The number of alkyl carbamates (subject to hydrolysis) is 1. The number of nitrogens with two attached hydrogens (primary N) is 1. The summed E-state index contributed by atoms with van der Waals surface area (Å²) in [5.41, 5.74) is 5.01. The normalized spacial score (nSPS) is 15.8. The third-order valence-electron chi connectivity index (χ3n) is 6.13. The summed E-state index contributed by atoms with van der Waals surface area (Å²) >= 11 is 0. The molecule has 206 valence electrons. The molecule has 1 aromatic carbocycles. The molecular formula is C27H42N4O6. The average Bonchev–Trinajstić information content (AvgIpc) is 2.80. The minimum Gasteiger partial charge on any atom is -0.508 e. The highest BCUT2D eigenvalue weighted by atomic mass is 16.6. The maximum absolute atomic E-state index is 13.9. The quantitative estimate of drug-likeness (QED) is 0.353. The molecule has 1 saturated carbocycles. The van der Waals surface area contributed by atoms with Gasteiger partial charge in [0.05, 0.1) is 6.42 Å². The van der Waals surface area contributed by atoms with Crippen molar-refractivity contribution in [3.05, 3.63) is 29.8 Å². The molecule has 4 amide bonds. The molecule has 1 aliphatic rings. The molecule has 2 unspecified atom stereocenters. The Balaban J connectivity index is 2.45. The molecule has 10 nitrogen and oxygen atoms in total. The number of aromatic hydroxyl groups is 1. The first-order chi connectivity index (χ1) is 17.4. The van der Waals surface area contributed by atoms with Gasteiger partial charge < -0.3 is 31.1 Å². The van der Waals surface area contributed by atoms with Crippen LogP contribution in [0.15, 0.2) is 24.3 Å². The highest BCUT2D eigenvalue weighted by Crippen LogP contribution is 2.27. The first-order valence-electron chi connectivity index (χ1n) is 13.1. The zero-order chi connectivity index (χ0) is 27.6. The molecule has 0 spiro atoms. The molecule has 0 aliphatic heterocycles. The number of carbonyl (C=O) groups is 4. The Labute approximate surface area is 219 Å². The summed E-state index contributed by atoms with van der Waals surface area (Å²) in [4.78, 5) is 53.3. The molecule has 1 fully saturated rings. The van der Waals surface area contributed by atoms with E-state index in [0.29, 0.717) is 12.0 Å². The van der Waals surface area contributed by atoms with Crippen LogP contribution < -0.4 is 16.4 Å².